The lowest BCUT2D eigenvalue weighted by molar-refractivity contribution is 0.0975. The van der Waals surface area contributed by atoms with Gasteiger partial charge in [-0.15, -0.1) is 0 Å². The molecule has 100 valence electrons. The van der Waals surface area contributed by atoms with Gasteiger partial charge < -0.3 is 9.84 Å². The largest absolute Gasteiger partial charge is 0.497 e. The Bertz CT molecular complexity index is 594. The molecule has 19 heavy (non-hydrogen) atoms. The molecule has 0 spiro atoms. The molecule has 0 bridgehead atoms. The molecular formula is C15H14F2O2. The number of hydrogen-bond donors (Lipinski definition) is 1. The molecule has 0 aliphatic carbocycles. The predicted octanol–water partition coefficient (Wildman–Crippen LogP) is 3.23. The maximum Gasteiger partial charge on any atom is 0.133 e. The molecule has 0 aromatic heterocycles. The first-order valence-electron chi connectivity index (χ1n) is 5.77. The number of hydrogen-bond acceptors (Lipinski definition) is 2. The molecule has 0 saturated carbocycles. The smallest absolute Gasteiger partial charge is 0.133 e. The third-order valence-electron chi connectivity index (χ3n) is 3.09. The van der Waals surface area contributed by atoms with Gasteiger partial charge in [-0.3, -0.25) is 0 Å². The minimum Gasteiger partial charge on any atom is -0.497 e. The lowest BCUT2D eigenvalue weighted by Gasteiger charge is -2.25. The third kappa shape index (κ3) is 2.58. The topological polar surface area (TPSA) is 29.5 Å². The van der Waals surface area contributed by atoms with Crippen LogP contribution in [0.1, 0.15) is 18.1 Å². The van der Waals surface area contributed by atoms with Crippen molar-refractivity contribution in [3.05, 3.63) is 65.2 Å². The molecule has 0 heterocycles. The van der Waals surface area contributed by atoms with E-state index in [0.717, 1.165) is 0 Å². The lowest BCUT2D eigenvalue weighted by Crippen LogP contribution is -2.24. The van der Waals surface area contributed by atoms with E-state index in [-0.39, 0.29) is 11.1 Å². The van der Waals surface area contributed by atoms with Gasteiger partial charge in [-0.1, -0.05) is 12.1 Å². The van der Waals surface area contributed by atoms with Crippen molar-refractivity contribution in [2.75, 3.05) is 7.11 Å². The van der Waals surface area contributed by atoms with E-state index in [4.69, 9.17) is 4.74 Å². The van der Waals surface area contributed by atoms with Crippen LogP contribution in [-0.4, -0.2) is 12.2 Å². The Morgan fingerprint density at radius 1 is 1.11 bits per heavy atom. The zero-order valence-corrected chi connectivity index (χ0v) is 10.7. The molecular weight excluding hydrogens is 250 g/mol. The second-order valence-electron chi connectivity index (χ2n) is 4.43. The van der Waals surface area contributed by atoms with Crippen LogP contribution in [0.3, 0.4) is 0 Å². The van der Waals surface area contributed by atoms with Crippen molar-refractivity contribution < 1.29 is 18.6 Å². The molecule has 1 N–H and O–H groups in total. The Morgan fingerprint density at radius 3 is 2.42 bits per heavy atom. The van der Waals surface area contributed by atoms with Gasteiger partial charge in [0.25, 0.3) is 0 Å². The maximum absolute atomic E-state index is 14.0. The Labute approximate surface area is 110 Å². The minimum absolute atomic E-state index is 0.0684. The molecule has 4 heteroatoms. The van der Waals surface area contributed by atoms with E-state index in [9.17, 15) is 13.9 Å². The van der Waals surface area contributed by atoms with Gasteiger partial charge in [0.2, 0.25) is 0 Å². The Kier molecular flexibility index (Phi) is 3.53. The number of methoxy groups -OCH3 is 1. The summed E-state index contributed by atoms with van der Waals surface area (Å²) in [5.41, 5.74) is -1.26. The summed E-state index contributed by atoms with van der Waals surface area (Å²) in [6.07, 6.45) is 0. The van der Waals surface area contributed by atoms with Gasteiger partial charge in [0.05, 0.1) is 7.11 Å². The number of aliphatic hydroxyl groups is 1. The summed E-state index contributed by atoms with van der Waals surface area (Å²) >= 11 is 0. The van der Waals surface area contributed by atoms with Gasteiger partial charge in [0.15, 0.2) is 0 Å². The fourth-order valence-electron chi connectivity index (χ4n) is 1.96. The van der Waals surface area contributed by atoms with E-state index in [2.05, 4.69) is 0 Å². The average Bonchev–Trinajstić information content (AvgIpc) is 2.38. The zero-order chi connectivity index (χ0) is 14.0. The van der Waals surface area contributed by atoms with Crippen LogP contribution in [-0.2, 0) is 5.60 Å². The maximum atomic E-state index is 14.0. The van der Waals surface area contributed by atoms with E-state index in [1.54, 1.807) is 12.1 Å². The van der Waals surface area contributed by atoms with Crippen LogP contribution >= 0.6 is 0 Å². The number of rotatable bonds is 3. The molecule has 0 saturated heterocycles. The Morgan fingerprint density at radius 2 is 1.84 bits per heavy atom. The van der Waals surface area contributed by atoms with E-state index in [1.807, 2.05) is 0 Å². The van der Waals surface area contributed by atoms with Gasteiger partial charge >= 0.3 is 0 Å². The van der Waals surface area contributed by atoms with Crippen molar-refractivity contribution in [2.45, 2.75) is 12.5 Å². The Hall–Kier alpha value is -1.94. The average molecular weight is 264 g/mol. The lowest BCUT2D eigenvalue weighted by atomic mass is 9.88. The van der Waals surface area contributed by atoms with Gasteiger partial charge in [-0.05, 0) is 36.8 Å². The van der Waals surface area contributed by atoms with Crippen molar-refractivity contribution in [1.82, 2.24) is 0 Å². The van der Waals surface area contributed by atoms with Crippen molar-refractivity contribution in [1.29, 1.82) is 0 Å². The highest BCUT2D eigenvalue weighted by Gasteiger charge is 2.29. The monoisotopic (exact) mass is 264 g/mol. The van der Waals surface area contributed by atoms with E-state index in [1.165, 1.54) is 44.4 Å². The summed E-state index contributed by atoms with van der Waals surface area (Å²) in [4.78, 5) is 0. The number of ether oxygens (including phenoxy) is 1. The van der Waals surface area contributed by atoms with Crippen LogP contribution in [0.25, 0.3) is 0 Å². The summed E-state index contributed by atoms with van der Waals surface area (Å²) < 4.78 is 32.1. The SMILES string of the molecule is COc1ccc(C(C)(O)c2cccc(F)c2)c(F)c1. The summed E-state index contributed by atoms with van der Waals surface area (Å²) in [6, 6.07) is 9.63. The van der Waals surface area contributed by atoms with Gasteiger partial charge in [-0.2, -0.15) is 0 Å². The van der Waals surface area contributed by atoms with Crippen LogP contribution in [0, 0.1) is 11.6 Å². The molecule has 2 nitrogen and oxygen atoms in total. The molecule has 0 amide bonds. The molecule has 2 rings (SSSR count). The normalized spacial score (nSPS) is 13.9. The van der Waals surface area contributed by atoms with E-state index in [0.29, 0.717) is 5.75 Å². The minimum atomic E-state index is -1.61. The highest BCUT2D eigenvalue weighted by Crippen LogP contribution is 2.32. The summed E-state index contributed by atoms with van der Waals surface area (Å²) in [7, 11) is 1.43. The summed E-state index contributed by atoms with van der Waals surface area (Å²) in [6.45, 7) is 1.42. The molecule has 0 radical (unpaired) electrons. The highest BCUT2D eigenvalue weighted by molar-refractivity contribution is 5.39. The summed E-state index contributed by atoms with van der Waals surface area (Å²) in [5.74, 6) is -0.725. The van der Waals surface area contributed by atoms with Crippen LogP contribution in [0.4, 0.5) is 8.78 Å². The second kappa shape index (κ2) is 4.97. The third-order valence-corrected chi connectivity index (χ3v) is 3.09. The predicted molar refractivity (Wildman–Crippen MR) is 68.0 cm³/mol. The van der Waals surface area contributed by atoms with Crippen LogP contribution in [0.5, 0.6) is 5.75 Å². The highest BCUT2D eigenvalue weighted by atomic mass is 19.1. The first kappa shape index (κ1) is 13.5. The van der Waals surface area contributed by atoms with Gasteiger partial charge in [0.1, 0.15) is 23.0 Å². The first-order valence-corrected chi connectivity index (χ1v) is 5.77. The van der Waals surface area contributed by atoms with Crippen molar-refractivity contribution in [3.63, 3.8) is 0 Å². The molecule has 2 aromatic carbocycles. The number of halogens is 2. The van der Waals surface area contributed by atoms with Crippen LogP contribution < -0.4 is 4.74 Å². The number of benzene rings is 2. The van der Waals surface area contributed by atoms with E-state index < -0.39 is 17.2 Å². The van der Waals surface area contributed by atoms with Crippen LogP contribution in [0.2, 0.25) is 0 Å². The molecule has 1 atom stereocenters. The van der Waals surface area contributed by atoms with Gasteiger partial charge in [0, 0.05) is 11.6 Å². The Balaban J connectivity index is 2.50. The molecule has 0 fully saturated rings. The first-order chi connectivity index (χ1) is 8.95. The van der Waals surface area contributed by atoms with Crippen LogP contribution in [0.15, 0.2) is 42.5 Å². The van der Waals surface area contributed by atoms with Crippen molar-refractivity contribution in [2.24, 2.45) is 0 Å². The standard InChI is InChI=1S/C15H14F2O2/c1-15(18,10-4-3-5-11(16)8-10)13-7-6-12(19-2)9-14(13)17/h3-9,18H,1-2H3. The molecule has 1 unspecified atom stereocenters. The molecule has 0 aliphatic rings. The van der Waals surface area contributed by atoms with Crippen molar-refractivity contribution in [3.8, 4) is 5.75 Å². The zero-order valence-electron chi connectivity index (χ0n) is 10.7. The second-order valence-corrected chi connectivity index (χ2v) is 4.43. The fourth-order valence-corrected chi connectivity index (χ4v) is 1.96. The fraction of sp³-hybridized carbons (Fsp3) is 0.200. The summed E-state index contributed by atoms with van der Waals surface area (Å²) in [5, 5.41) is 10.5. The molecule has 0 aliphatic heterocycles. The van der Waals surface area contributed by atoms with E-state index >= 15 is 0 Å². The quantitative estimate of drug-likeness (QED) is 0.922. The molecule has 2 aromatic rings. The van der Waals surface area contributed by atoms with Crippen molar-refractivity contribution >= 4 is 0 Å². The van der Waals surface area contributed by atoms with Gasteiger partial charge in [-0.25, -0.2) is 8.78 Å².